The van der Waals surface area contributed by atoms with Crippen molar-refractivity contribution >= 4 is 6.03 Å². The van der Waals surface area contributed by atoms with Gasteiger partial charge < -0.3 is 15.4 Å². The lowest BCUT2D eigenvalue weighted by Crippen LogP contribution is -2.38. The van der Waals surface area contributed by atoms with Gasteiger partial charge in [0, 0.05) is 6.54 Å². The van der Waals surface area contributed by atoms with Gasteiger partial charge >= 0.3 is 6.03 Å². The smallest absolute Gasteiger partial charge is 0.314 e. The maximum absolute atomic E-state index is 11.7. The van der Waals surface area contributed by atoms with Gasteiger partial charge in [-0.3, -0.25) is 0 Å². The second-order valence-corrected chi connectivity index (χ2v) is 6.16. The largest absolute Gasteiger partial charge is 0.491 e. The lowest BCUT2D eigenvalue weighted by atomic mass is 9.97. The number of amides is 2. The number of hydrogen-bond donors (Lipinski definition) is 2. The average Bonchev–Trinajstić information content (AvgIpc) is 2.55. The predicted molar refractivity (Wildman–Crippen MR) is 94.0 cm³/mol. The van der Waals surface area contributed by atoms with E-state index in [0.29, 0.717) is 19.7 Å². The normalized spacial score (nSPS) is 14.1. The van der Waals surface area contributed by atoms with Gasteiger partial charge in [-0.05, 0) is 63.1 Å². The van der Waals surface area contributed by atoms with E-state index in [-0.39, 0.29) is 6.03 Å². The number of rotatable bonds is 7. The van der Waals surface area contributed by atoms with Crippen LogP contribution >= 0.6 is 0 Å². The second kappa shape index (κ2) is 9.23. The van der Waals surface area contributed by atoms with Crippen molar-refractivity contribution in [3.8, 4) is 5.75 Å². The van der Waals surface area contributed by atoms with E-state index in [1.165, 1.54) is 36.8 Å². The number of nitrogens with one attached hydrogen (secondary N) is 2. The average molecular weight is 316 g/mol. The predicted octanol–water partition coefficient (Wildman–Crippen LogP) is 3.87. The SMILES string of the molecule is Cc1ccc(C)c(OCCNC(=O)NCCC2=CCCCC2)c1. The third kappa shape index (κ3) is 6.35. The van der Waals surface area contributed by atoms with E-state index >= 15 is 0 Å². The number of benzene rings is 1. The van der Waals surface area contributed by atoms with E-state index in [0.717, 1.165) is 17.7 Å². The molecule has 4 heteroatoms. The molecule has 1 aromatic carbocycles. The fourth-order valence-electron chi connectivity index (χ4n) is 2.72. The molecule has 0 heterocycles. The molecular formula is C19H28N2O2. The van der Waals surface area contributed by atoms with Crippen LogP contribution in [0.4, 0.5) is 4.79 Å². The highest BCUT2D eigenvalue weighted by Gasteiger charge is 2.05. The van der Waals surface area contributed by atoms with Crippen molar-refractivity contribution in [2.45, 2.75) is 46.0 Å². The first kappa shape index (κ1) is 17.4. The Kier molecular flexibility index (Phi) is 6.98. The fraction of sp³-hybridized carbons (Fsp3) is 0.526. The first-order valence-electron chi connectivity index (χ1n) is 8.55. The molecule has 126 valence electrons. The first-order chi connectivity index (χ1) is 11.1. The van der Waals surface area contributed by atoms with Crippen LogP contribution in [0.1, 0.15) is 43.2 Å². The van der Waals surface area contributed by atoms with Crippen molar-refractivity contribution in [3.05, 3.63) is 41.0 Å². The quantitative estimate of drug-likeness (QED) is 0.592. The first-order valence-corrected chi connectivity index (χ1v) is 8.55. The third-order valence-electron chi connectivity index (χ3n) is 4.11. The van der Waals surface area contributed by atoms with E-state index < -0.39 is 0 Å². The number of ether oxygens (including phenoxy) is 1. The maximum Gasteiger partial charge on any atom is 0.314 e. The Hall–Kier alpha value is -1.97. The molecule has 0 unspecified atom stereocenters. The molecule has 0 radical (unpaired) electrons. The van der Waals surface area contributed by atoms with E-state index in [9.17, 15) is 4.79 Å². The molecule has 1 aliphatic rings. The molecule has 0 atom stereocenters. The van der Waals surface area contributed by atoms with Gasteiger partial charge in [-0.2, -0.15) is 0 Å². The van der Waals surface area contributed by atoms with E-state index in [2.05, 4.69) is 22.8 Å². The van der Waals surface area contributed by atoms with Crippen LogP contribution in [-0.2, 0) is 0 Å². The summed E-state index contributed by atoms with van der Waals surface area (Å²) in [5, 5.41) is 5.73. The molecule has 0 saturated carbocycles. The minimum absolute atomic E-state index is 0.119. The van der Waals surface area contributed by atoms with Gasteiger partial charge in [0.25, 0.3) is 0 Å². The molecule has 0 bridgehead atoms. The van der Waals surface area contributed by atoms with Crippen LogP contribution in [0.2, 0.25) is 0 Å². The topological polar surface area (TPSA) is 50.4 Å². The van der Waals surface area contributed by atoms with E-state index in [1.807, 2.05) is 26.0 Å². The van der Waals surface area contributed by atoms with Crippen LogP contribution in [0.3, 0.4) is 0 Å². The number of carbonyl (C=O) groups is 1. The highest BCUT2D eigenvalue weighted by molar-refractivity contribution is 5.73. The molecule has 0 aromatic heterocycles. The minimum atomic E-state index is -0.119. The van der Waals surface area contributed by atoms with Gasteiger partial charge in [0.15, 0.2) is 0 Å². The zero-order chi connectivity index (χ0) is 16.5. The summed E-state index contributed by atoms with van der Waals surface area (Å²) in [6.07, 6.45) is 8.25. The fourth-order valence-corrected chi connectivity index (χ4v) is 2.72. The summed E-state index contributed by atoms with van der Waals surface area (Å²) in [7, 11) is 0. The van der Waals surface area contributed by atoms with E-state index in [4.69, 9.17) is 4.74 Å². The zero-order valence-electron chi connectivity index (χ0n) is 14.3. The molecule has 23 heavy (non-hydrogen) atoms. The molecule has 0 aliphatic heterocycles. The highest BCUT2D eigenvalue weighted by Crippen LogP contribution is 2.19. The molecule has 0 fully saturated rings. The number of carbonyl (C=O) groups excluding carboxylic acids is 1. The molecule has 0 spiro atoms. The Morgan fingerprint density at radius 2 is 2.00 bits per heavy atom. The molecule has 1 aromatic rings. The van der Waals surface area contributed by atoms with Gasteiger partial charge in [-0.15, -0.1) is 0 Å². The molecule has 4 nitrogen and oxygen atoms in total. The number of aryl methyl sites for hydroxylation is 2. The summed E-state index contributed by atoms with van der Waals surface area (Å²) in [6, 6.07) is 6.01. The molecular weight excluding hydrogens is 288 g/mol. The standard InChI is InChI=1S/C19H28N2O2/c1-15-8-9-16(2)18(14-15)23-13-12-21-19(22)20-11-10-17-6-4-3-5-7-17/h6,8-9,14H,3-5,7,10-13H2,1-2H3,(H2,20,21,22). The van der Waals surface area contributed by atoms with Crippen LogP contribution in [-0.4, -0.2) is 25.7 Å². The van der Waals surface area contributed by atoms with Crippen molar-refractivity contribution < 1.29 is 9.53 Å². The summed E-state index contributed by atoms with van der Waals surface area (Å²) in [6.45, 7) is 5.74. The van der Waals surface area contributed by atoms with Gasteiger partial charge in [0.1, 0.15) is 12.4 Å². The Morgan fingerprint density at radius 3 is 2.78 bits per heavy atom. The Morgan fingerprint density at radius 1 is 1.17 bits per heavy atom. The van der Waals surface area contributed by atoms with Gasteiger partial charge in [-0.25, -0.2) is 4.79 Å². The second-order valence-electron chi connectivity index (χ2n) is 6.16. The van der Waals surface area contributed by atoms with Crippen LogP contribution in [0, 0.1) is 13.8 Å². The van der Waals surface area contributed by atoms with Gasteiger partial charge in [0.2, 0.25) is 0 Å². The van der Waals surface area contributed by atoms with Crippen LogP contribution in [0.15, 0.2) is 29.8 Å². The van der Waals surface area contributed by atoms with Crippen LogP contribution in [0.25, 0.3) is 0 Å². The summed E-state index contributed by atoms with van der Waals surface area (Å²) < 4.78 is 5.72. The zero-order valence-corrected chi connectivity index (χ0v) is 14.3. The highest BCUT2D eigenvalue weighted by atomic mass is 16.5. The van der Waals surface area contributed by atoms with E-state index in [1.54, 1.807) is 0 Å². The van der Waals surface area contributed by atoms with Crippen LogP contribution in [0.5, 0.6) is 5.75 Å². The molecule has 2 amide bonds. The molecule has 2 N–H and O–H groups in total. The Bertz CT molecular complexity index is 552. The van der Waals surface area contributed by atoms with Gasteiger partial charge in [-0.1, -0.05) is 23.8 Å². The third-order valence-corrected chi connectivity index (χ3v) is 4.11. The number of allylic oxidation sites excluding steroid dienone is 1. The minimum Gasteiger partial charge on any atom is -0.491 e. The Balaban J connectivity index is 1.57. The molecule has 2 rings (SSSR count). The van der Waals surface area contributed by atoms with Crippen molar-refractivity contribution in [1.29, 1.82) is 0 Å². The molecule has 1 aliphatic carbocycles. The Labute approximate surface area is 139 Å². The maximum atomic E-state index is 11.7. The van der Waals surface area contributed by atoms with Crippen molar-refractivity contribution in [1.82, 2.24) is 10.6 Å². The molecule has 0 saturated heterocycles. The van der Waals surface area contributed by atoms with Gasteiger partial charge in [0.05, 0.1) is 6.54 Å². The van der Waals surface area contributed by atoms with Crippen molar-refractivity contribution in [2.75, 3.05) is 19.7 Å². The summed E-state index contributed by atoms with van der Waals surface area (Å²) in [4.78, 5) is 11.7. The summed E-state index contributed by atoms with van der Waals surface area (Å²) >= 11 is 0. The lowest BCUT2D eigenvalue weighted by Gasteiger charge is -2.13. The summed E-state index contributed by atoms with van der Waals surface area (Å²) in [5.74, 6) is 0.886. The van der Waals surface area contributed by atoms with Crippen molar-refractivity contribution in [2.24, 2.45) is 0 Å². The lowest BCUT2D eigenvalue weighted by molar-refractivity contribution is 0.236. The number of hydrogen-bond acceptors (Lipinski definition) is 2. The summed E-state index contributed by atoms with van der Waals surface area (Å²) in [5.41, 5.74) is 3.77. The monoisotopic (exact) mass is 316 g/mol. The number of urea groups is 1. The van der Waals surface area contributed by atoms with Crippen molar-refractivity contribution in [3.63, 3.8) is 0 Å². The van der Waals surface area contributed by atoms with Crippen LogP contribution < -0.4 is 15.4 Å².